The van der Waals surface area contributed by atoms with E-state index in [1.165, 1.54) is 5.57 Å². The van der Waals surface area contributed by atoms with Crippen LogP contribution in [0.5, 0.6) is 0 Å². The molecule has 0 atom stereocenters. The summed E-state index contributed by atoms with van der Waals surface area (Å²) in [5.41, 5.74) is 1.64. The van der Waals surface area contributed by atoms with Crippen LogP contribution in [-0.2, 0) is 4.79 Å². The second kappa shape index (κ2) is 6.72. The molecule has 1 aliphatic rings. The molecule has 2 heteroatoms. The molecule has 0 spiro atoms. The van der Waals surface area contributed by atoms with Crippen LogP contribution in [0.25, 0.3) is 0 Å². The molecule has 0 saturated carbocycles. The first-order valence-corrected chi connectivity index (χ1v) is 6.41. The zero-order valence-corrected chi connectivity index (χ0v) is 11.8. The summed E-state index contributed by atoms with van der Waals surface area (Å²) in [5, 5.41) is 0. The lowest BCUT2D eigenvalue weighted by Crippen LogP contribution is -2.31. The molecule has 1 rings (SSSR count). The lowest BCUT2D eigenvalue weighted by atomic mass is 9.87. The minimum absolute atomic E-state index is 0.196. The van der Waals surface area contributed by atoms with Crippen LogP contribution in [0.2, 0.25) is 0 Å². The first-order chi connectivity index (χ1) is 7.44. The maximum atomic E-state index is 11.3. The van der Waals surface area contributed by atoms with Gasteiger partial charge in [-0.2, -0.15) is 0 Å². The van der Waals surface area contributed by atoms with Gasteiger partial charge in [-0.15, -0.1) is 0 Å². The van der Waals surface area contributed by atoms with Crippen LogP contribution < -0.4 is 0 Å². The fourth-order valence-corrected chi connectivity index (χ4v) is 1.90. The highest BCUT2D eigenvalue weighted by Crippen LogP contribution is 2.28. The van der Waals surface area contributed by atoms with Crippen molar-refractivity contribution >= 4 is 5.91 Å². The molecule has 94 valence electrons. The number of carbonyl (C=O) groups is 1. The van der Waals surface area contributed by atoms with Gasteiger partial charge >= 0.3 is 0 Å². The Bertz CT molecular complexity index is 253. The van der Waals surface area contributed by atoms with E-state index < -0.39 is 0 Å². The largest absolute Gasteiger partial charge is 0.339 e. The van der Waals surface area contributed by atoms with E-state index in [2.05, 4.69) is 26.8 Å². The number of amides is 1. The van der Waals surface area contributed by atoms with Gasteiger partial charge in [0.2, 0.25) is 5.91 Å². The molecule has 0 aromatic rings. The number of hydrogen-bond acceptors (Lipinski definition) is 1. The van der Waals surface area contributed by atoms with E-state index in [0.29, 0.717) is 0 Å². The van der Waals surface area contributed by atoms with Gasteiger partial charge in [0, 0.05) is 20.0 Å². The molecule has 1 amide bonds. The summed E-state index contributed by atoms with van der Waals surface area (Å²) in [5.74, 6) is 0.196. The van der Waals surface area contributed by atoms with Crippen molar-refractivity contribution in [1.29, 1.82) is 0 Å². The topological polar surface area (TPSA) is 20.3 Å². The Hall–Kier alpha value is -0.790. The normalized spacial score (nSPS) is 19.1. The molecule has 0 fully saturated rings. The van der Waals surface area contributed by atoms with Crippen LogP contribution in [-0.4, -0.2) is 23.9 Å². The molecule has 0 N–H and O–H groups in total. The van der Waals surface area contributed by atoms with Gasteiger partial charge in [0.25, 0.3) is 0 Å². The number of carbonyl (C=O) groups excluding carboxylic acids is 1. The number of allylic oxidation sites excluding steroid dienone is 1. The fraction of sp³-hybridized carbons (Fsp3) is 0.786. The molecule has 0 aromatic carbocycles. The Morgan fingerprint density at radius 2 is 2.00 bits per heavy atom. The summed E-state index contributed by atoms with van der Waals surface area (Å²) in [7, 11) is 0. The van der Waals surface area contributed by atoms with Crippen molar-refractivity contribution in [2.45, 2.75) is 54.4 Å². The van der Waals surface area contributed by atoms with Crippen molar-refractivity contribution in [3.8, 4) is 0 Å². The maximum Gasteiger partial charge on any atom is 0.219 e. The average Bonchev–Trinajstić information content (AvgIpc) is 2.39. The third-order valence-electron chi connectivity index (χ3n) is 2.91. The van der Waals surface area contributed by atoms with Crippen molar-refractivity contribution in [2.24, 2.45) is 5.41 Å². The van der Waals surface area contributed by atoms with E-state index in [9.17, 15) is 4.79 Å². The van der Waals surface area contributed by atoms with Crippen molar-refractivity contribution in [3.05, 3.63) is 11.6 Å². The Balaban J connectivity index is 0.00000106. The van der Waals surface area contributed by atoms with Gasteiger partial charge in [-0.05, 0) is 18.3 Å². The third-order valence-corrected chi connectivity index (χ3v) is 2.91. The minimum atomic E-state index is 0.196. The smallest absolute Gasteiger partial charge is 0.219 e. The van der Waals surface area contributed by atoms with Crippen molar-refractivity contribution in [3.63, 3.8) is 0 Å². The fourth-order valence-electron chi connectivity index (χ4n) is 1.90. The summed E-state index contributed by atoms with van der Waals surface area (Å²) >= 11 is 0. The highest BCUT2D eigenvalue weighted by atomic mass is 16.2. The Labute approximate surface area is 101 Å². The number of nitrogens with zero attached hydrogens (tertiary/aromatic N) is 1. The number of rotatable bonds is 1. The van der Waals surface area contributed by atoms with Crippen LogP contribution >= 0.6 is 0 Å². The second-order valence-corrected chi connectivity index (χ2v) is 4.84. The van der Waals surface area contributed by atoms with E-state index in [4.69, 9.17) is 0 Å². The van der Waals surface area contributed by atoms with Gasteiger partial charge in [-0.3, -0.25) is 4.79 Å². The first-order valence-electron chi connectivity index (χ1n) is 6.41. The second-order valence-electron chi connectivity index (χ2n) is 4.84. The summed E-state index contributed by atoms with van der Waals surface area (Å²) in [6.07, 6.45) is 4.46. The molecule has 2 nitrogen and oxygen atoms in total. The molecule has 1 heterocycles. The summed E-state index contributed by atoms with van der Waals surface area (Å²) in [4.78, 5) is 13.3. The summed E-state index contributed by atoms with van der Waals surface area (Å²) < 4.78 is 0. The highest BCUT2D eigenvalue weighted by Gasteiger charge is 2.22. The third kappa shape index (κ3) is 4.82. The minimum Gasteiger partial charge on any atom is -0.339 e. The van der Waals surface area contributed by atoms with Gasteiger partial charge < -0.3 is 4.90 Å². The molecule has 16 heavy (non-hydrogen) atoms. The Morgan fingerprint density at radius 1 is 1.44 bits per heavy atom. The Kier molecular flexibility index (Phi) is 6.39. The predicted octanol–water partition coefficient (Wildman–Crippen LogP) is 3.63. The van der Waals surface area contributed by atoms with Crippen molar-refractivity contribution in [1.82, 2.24) is 4.90 Å². The monoisotopic (exact) mass is 225 g/mol. The molecule has 0 aromatic heterocycles. The average molecular weight is 225 g/mol. The van der Waals surface area contributed by atoms with Gasteiger partial charge in [0.1, 0.15) is 0 Å². The van der Waals surface area contributed by atoms with E-state index in [1.807, 2.05) is 18.7 Å². The van der Waals surface area contributed by atoms with Crippen molar-refractivity contribution in [2.75, 3.05) is 13.1 Å². The summed E-state index contributed by atoms with van der Waals surface area (Å²) in [6, 6.07) is 0. The SMILES string of the molecule is CC.CCC1=CC(C)(C)CCN(C(C)=O)C1. The van der Waals surface area contributed by atoms with Crippen LogP contribution in [0.4, 0.5) is 0 Å². The quantitative estimate of drug-likeness (QED) is 0.624. The lowest BCUT2D eigenvalue weighted by molar-refractivity contribution is -0.128. The van der Waals surface area contributed by atoms with Gasteiger partial charge in [0.15, 0.2) is 0 Å². The van der Waals surface area contributed by atoms with E-state index >= 15 is 0 Å². The summed E-state index contributed by atoms with van der Waals surface area (Å²) in [6.45, 7) is 14.0. The van der Waals surface area contributed by atoms with E-state index in [0.717, 1.165) is 25.9 Å². The molecule has 0 aliphatic carbocycles. The van der Waals surface area contributed by atoms with Crippen LogP contribution in [0.1, 0.15) is 54.4 Å². The molecule has 0 radical (unpaired) electrons. The molecular formula is C14H27NO. The number of hydrogen-bond donors (Lipinski definition) is 0. The maximum absolute atomic E-state index is 11.3. The standard InChI is InChI=1S/C12H21NO.C2H6/c1-5-11-8-12(3,4)6-7-13(9-11)10(2)14;1-2/h8H,5-7,9H2,1-4H3;1-2H3. The molecule has 0 bridgehead atoms. The highest BCUT2D eigenvalue weighted by molar-refractivity contribution is 5.73. The molecule has 0 saturated heterocycles. The van der Waals surface area contributed by atoms with Gasteiger partial charge in [-0.25, -0.2) is 0 Å². The van der Waals surface area contributed by atoms with Crippen LogP contribution in [0.3, 0.4) is 0 Å². The van der Waals surface area contributed by atoms with Crippen LogP contribution in [0, 0.1) is 5.41 Å². The first kappa shape index (κ1) is 15.2. The lowest BCUT2D eigenvalue weighted by Gasteiger charge is -2.22. The molecular weight excluding hydrogens is 198 g/mol. The molecule has 1 aliphatic heterocycles. The Morgan fingerprint density at radius 3 is 2.44 bits per heavy atom. The molecule has 0 unspecified atom stereocenters. The van der Waals surface area contributed by atoms with Gasteiger partial charge in [0.05, 0.1) is 0 Å². The van der Waals surface area contributed by atoms with Crippen molar-refractivity contribution < 1.29 is 4.79 Å². The van der Waals surface area contributed by atoms with Gasteiger partial charge in [-0.1, -0.05) is 46.3 Å². The van der Waals surface area contributed by atoms with E-state index in [-0.39, 0.29) is 11.3 Å². The van der Waals surface area contributed by atoms with E-state index in [1.54, 1.807) is 6.92 Å². The zero-order valence-electron chi connectivity index (χ0n) is 11.8. The zero-order chi connectivity index (χ0) is 12.8. The van der Waals surface area contributed by atoms with Crippen LogP contribution in [0.15, 0.2) is 11.6 Å². The predicted molar refractivity (Wildman–Crippen MR) is 70.4 cm³/mol.